The number of nitrogens with zero attached hydrogens (tertiary/aromatic N) is 2. The fourth-order valence-electron chi connectivity index (χ4n) is 1.99. The van der Waals surface area contributed by atoms with Crippen molar-refractivity contribution in [2.45, 2.75) is 58.3 Å². The van der Waals surface area contributed by atoms with E-state index in [1.165, 1.54) is 38.5 Å². The van der Waals surface area contributed by atoms with Gasteiger partial charge in [0.2, 0.25) is 0 Å². The van der Waals surface area contributed by atoms with Crippen molar-refractivity contribution in [3.63, 3.8) is 0 Å². The number of imidazole rings is 1. The average molecular weight is 236 g/mol. The second kappa shape index (κ2) is 8.04. The molecule has 3 heteroatoms. The summed E-state index contributed by atoms with van der Waals surface area (Å²) in [6.45, 7) is 2.23. The monoisotopic (exact) mass is 236 g/mol. The van der Waals surface area contributed by atoms with Crippen molar-refractivity contribution >= 4 is 5.78 Å². The normalized spacial score (nSPS) is 10.7. The first-order chi connectivity index (χ1) is 8.25. The first-order valence-corrected chi connectivity index (χ1v) is 6.76. The van der Waals surface area contributed by atoms with Crippen LogP contribution in [-0.4, -0.2) is 15.3 Å². The van der Waals surface area contributed by atoms with Gasteiger partial charge in [0.1, 0.15) is 0 Å². The maximum Gasteiger partial charge on any atom is 0.198 e. The molecule has 1 heterocycles. The van der Waals surface area contributed by atoms with Crippen LogP contribution in [0.5, 0.6) is 0 Å². The number of Topliss-reactive ketones (excluding diaryl/α,β-unsaturated/α-hetero) is 1. The van der Waals surface area contributed by atoms with Crippen LogP contribution in [0.25, 0.3) is 0 Å². The molecule has 0 fully saturated rings. The van der Waals surface area contributed by atoms with Crippen molar-refractivity contribution in [3.05, 3.63) is 18.2 Å². The fourth-order valence-corrected chi connectivity index (χ4v) is 1.99. The number of aryl methyl sites for hydroxylation is 1. The van der Waals surface area contributed by atoms with Crippen LogP contribution in [0.2, 0.25) is 0 Å². The van der Waals surface area contributed by atoms with Crippen molar-refractivity contribution < 1.29 is 4.79 Å². The molecule has 1 aromatic rings. The largest absolute Gasteiger partial charge is 0.332 e. The Hall–Kier alpha value is -1.12. The van der Waals surface area contributed by atoms with E-state index in [4.69, 9.17) is 0 Å². The Bertz CT molecular complexity index is 331. The Morgan fingerprint density at radius 2 is 1.82 bits per heavy atom. The molecule has 0 saturated heterocycles. The molecule has 0 atom stereocenters. The highest BCUT2D eigenvalue weighted by molar-refractivity contribution is 5.92. The third-order valence-electron chi connectivity index (χ3n) is 3.08. The maximum absolute atomic E-state index is 11.8. The lowest BCUT2D eigenvalue weighted by molar-refractivity contribution is 0.0966. The van der Waals surface area contributed by atoms with E-state index in [0.717, 1.165) is 6.42 Å². The highest BCUT2D eigenvalue weighted by atomic mass is 16.1. The van der Waals surface area contributed by atoms with Crippen molar-refractivity contribution in [2.24, 2.45) is 7.05 Å². The molecule has 0 unspecified atom stereocenters. The number of carbonyl (C=O) groups is 1. The molecule has 1 rings (SSSR count). The number of hydrogen-bond acceptors (Lipinski definition) is 2. The predicted molar refractivity (Wildman–Crippen MR) is 70.1 cm³/mol. The first kappa shape index (κ1) is 13.9. The molecule has 96 valence electrons. The lowest BCUT2D eigenvalue weighted by Gasteiger charge is -2.02. The van der Waals surface area contributed by atoms with Gasteiger partial charge in [0, 0.05) is 25.9 Å². The SMILES string of the molecule is CCCCCCCCCC(=O)c1nccn1C. The van der Waals surface area contributed by atoms with E-state index in [1.807, 2.05) is 13.2 Å². The van der Waals surface area contributed by atoms with E-state index in [-0.39, 0.29) is 5.78 Å². The smallest absolute Gasteiger partial charge is 0.198 e. The summed E-state index contributed by atoms with van der Waals surface area (Å²) in [5, 5.41) is 0. The number of unbranched alkanes of at least 4 members (excludes halogenated alkanes) is 6. The molecule has 0 aliphatic rings. The summed E-state index contributed by atoms with van der Waals surface area (Å²) in [5.74, 6) is 0.766. The quantitative estimate of drug-likeness (QED) is 0.483. The summed E-state index contributed by atoms with van der Waals surface area (Å²) in [6, 6.07) is 0. The van der Waals surface area contributed by atoms with Crippen molar-refractivity contribution in [3.8, 4) is 0 Å². The van der Waals surface area contributed by atoms with Crippen molar-refractivity contribution in [2.75, 3.05) is 0 Å². The topological polar surface area (TPSA) is 34.9 Å². The summed E-state index contributed by atoms with van der Waals surface area (Å²) in [6.07, 6.45) is 12.8. The second-order valence-corrected chi connectivity index (χ2v) is 4.66. The van der Waals surface area contributed by atoms with Gasteiger partial charge in [-0.2, -0.15) is 0 Å². The minimum Gasteiger partial charge on any atom is -0.332 e. The lowest BCUT2D eigenvalue weighted by Crippen LogP contribution is -2.06. The van der Waals surface area contributed by atoms with Gasteiger partial charge in [-0.1, -0.05) is 45.4 Å². The van der Waals surface area contributed by atoms with Crippen LogP contribution < -0.4 is 0 Å². The highest BCUT2D eigenvalue weighted by Crippen LogP contribution is 2.10. The van der Waals surface area contributed by atoms with E-state index in [0.29, 0.717) is 12.2 Å². The molecular weight excluding hydrogens is 212 g/mol. The summed E-state index contributed by atoms with van der Waals surface area (Å²) in [7, 11) is 1.87. The molecule has 17 heavy (non-hydrogen) atoms. The molecular formula is C14H24N2O. The number of aromatic nitrogens is 2. The average Bonchev–Trinajstić information content (AvgIpc) is 2.74. The van der Waals surface area contributed by atoms with Crippen LogP contribution in [0.15, 0.2) is 12.4 Å². The van der Waals surface area contributed by atoms with Crippen LogP contribution in [0.1, 0.15) is 68.9 Å². The highest BCUT2D eigenvalue weighted by Gasteiger charge is 2.09. The Morgan fingerprint density at radius 3 is 2.41 bits per heavy atom. The fraction of sp³-hybridized carbons (Fsp3) is 0.714. The predicted octanol–water partition coefficient (Wildman–Crippen LogP) is 3.74. The Morgan fingerprint density at radius 1 is 1.18 bits per heavy atom. The van der Waals surface area contributed by atoms with Crippen LogP contribution in [-0.2, 0) is 7.05 Å². The molecule has 0 spiro atoms. The van der Waals surface area contributed by atoms with Crippen LogP contribution in [0.4, 0.5) is 0 Å². The third kappa shape index (κ3) is 5.16. The third-order valence-corrected chi connectivity index (χ3v) is 3.08. The summed E-state index contributed by atoms with van der Waals surface area (Å²) < 4.78 is 1.80. The minimum atomic E-state index is 0.172. The number of carbonyl (C=O) groups excluding carboxylic acids is 1. The van der Waals surface area contributed by atoms with Crippen LogP contribution in [0, 0.1) is 0 Å². The summed E-state index contributed by atoms with van der Waals surface area (Å²) in [5.41, 5.74) is 0. The summed E-state index contributed by atoms with van der Waals surface area (Å²) in [4.78, 5) is 15.8. The molecule has 0 aliphatic carbocycles. The number of rotatable bonds is 9. The zero-order valence-corrected chi connectivity index (χ0v) is 11.1. The van der Waals surface area contributed by atoms with Crippen LogP contribution >= 0.6 is 0 Å². The minimum absolute atomic E-state index is 0.172. The van der Waals surface area contributed by atoms with Gasteiger partial charge in [-0.15, -0.1) is 0 Å². The maximum atomic E-state index is 11.8. The van der Waals surface area contributed by atoms with E-state index in [9.17, 15) is 4.79 Å². The molecule has 0 aromatic carbocycles. The zero-order chi connectivity index (χ0) is 12.5. The first-order valence-electron chi connectivity index (χ1n) is 6.76. The molecule has 0 N–H and O–H groups in total. The molecule has 0 aliphatic heterocycles. The molecule has 3 nitrogen and oxygen atoms in total. The van der Waals surface area contributed by atoms with Gasteiger partial charge < -0.3 is 4.57 Å². The van der Waals surface area contributed by atoms with Crippen molar-refractivity contribution in [1.29, 1.82) is 0 Å². The van der Waals surface area contributed by atoms with Crippen LogP contribution in [0.3, 0.4) is 0 Å². The molecule has 0 saturated carbocycles. The second-order valence-electron chi connectivity index (χ2n) is 4.66. The van der Waals surface area contributed by atoms with Gasteiger partial charge in [0.15, 0.2) is 11.6 Å². The van der Waals surface area contributed by atoms with Gasteiger partial charge in [0.05, 0.1) is 0 Å². The van der Waals surface area contributed by atoms with Crippen molar-refractivity contribution in [1.82, 2.24) is 9.55 Å². The number of hydrogen-bond donors (Lipinski definition) is 0. The molecule has 1 aromatic heterocycles. The van der Waals surface area contributed by atoms with Gasteiger partial charge in [-0.3, -0.25) is 4.79 Å². The van der Waals surface area contributed by atoms with Gasteiger partial charge in [0.25, 0.3) is 0 Å². The molecule has 0 bridgehead atoms. The van der Waals surface area contributed by atoms with Gasteiger partial charge in [-0.25, -0.2) is 4.98 Å². The zero-order valence-electron chi connectivity index (χ0n) is 11.1. The van der Waals surface area contributed by atoms with Gasteiger partial charge >= 0.3 is 0 Å². The Balaban J connectivity index is 2.07. The van der Waals surface area contributed by atoms with E-state index < -0.39 is 0 Å². The molecule has 0 amide bonds. The molecule has 0 radical (unpaired) electrons. The van der Waals surface area contributed by atoms with E-state index in [1.54, 1.807) is 10.8 Å². The van der Waals surface area contributed by atoms with E-state index >= 15 is 0 Å². The standard InChI is InChI=1S/C14H24N2O/c1-3-4-5-6-7-8-9-10-13(17)14-15-11-12-16(14)2/h11-12H,3-10H2,1-2H3. The van der Waals surface area contributed by atoms with Gasteiger partial charge in [-0.05, 0) is 6.42 Å². The number of ketones is 1. The van der Waals surface area contributed by atoms with E-state index in [2.05, 4.69) is 11.9 Å². The Kier molecular flexibility index (Phi) is 6.60. The lowest BCUT2D eigenvalue weighted by atomic mass is 10.1. The Labute approximate surface area is 104 Å². The summed E-state index contributed by atoms with van der Waals surface area (Å²) >= 11 is 0.